The molecule has 0 fully saturated rings. The highest BCUT2D eigenvalue weighted by Crippen LogP contribution is 2.24. The SMILES string of the molecule is CC(C)(O)CCC(CC(OC(=O)OCCC(=O)O)C(Cc1cccc(F)c1)NC(=O)c1cnc2ccccc2n1)C(N)=O. The number of amides is 2. The normalized spacial score (nSPS) is 13.5. The quantitative estimate of drug-likeness (QED) is 0.189. The number of nitrogens with zero attached hydrogens (tertiary/aromatic N) is 2. The van der Waals surface area contributed by atoms with Crippen LogP contribution in [0.15, 0.2) is 54.7 Å². The van der Waals surface area contributed by atoms with E-state index in [4.69, 9.17) is 20.3 Å². The summed E-state index contributed by atoms with van der Waals surface area (Å²) in [7, 11) is 0. The smallest absolute Gasteiger partial charge is 0.481 e. The number of ether oxygens (including phenoxy) is 2. The number of aliphatic hydroxyl groups is 1. The first kappa shape index (κ1) is 32.9. The number of hydrogen-bond acceptors (Lipinski definition) is 9. The number of benzene rings is 2. The molecule has 0 bridgehead atoms. The summed E-state index contributed by atoms with van der Waals surface area (Å²) in [5, 5.41) is 21.8. The Balaban J connectivity index is 1.96. The second-order valence-corrected chi connectivity index (χ2v) is 10.7. The molecule has 0 aliphatic heterocycles. The Kier molecular flexibility index (Phi) is 11.5. The molecular formula is C30H35FN4O8. The summed E-state index contributed by atoms with van der Waals surface area (Å²) in [4.78, 5) is 57.9. The van der Waals surface area contributed by atoms with Gasteiger partial charge in [-0.05, 0) is 69.4 Å². The van der Waals surface area contributed by atoms with Crippen LogP contribution in [0, 0.1) is 11.7 Å². The number of rotatable bonds is 15. The van der Waals surface area contributed by atoms with E-state index in [0.717, 1.165) is 0 Å². The number of hydrogen-bond donors (Lipinski definition) is 4. The lowest BCUT2D eigenvalue weighted by Gasteiger charge is -2.30. The van der Waals surface area contributed by atoms with Crippen molar-refractivity contribution < 1.29 is 43.3 Å². The predicted molar refractivity (Wildman–Crippen MR) is 152 cm³/mol. The van der Waals surface area contributed by atoms with Crippen molar-refractivity contribution >= 4 is 35.0 Å². The molecule has 3 atom stereocenters. The Hall–Kier alpha value is -4.65. The van der Waals surface area contributed by atoms with E-state index in [1.165, 1.54) is 24.4 Å². The van der Waals surface area contributed by atoms with Crippen molar-refractivity contribution in [3.05, 3.63) is 71.8 Å². The Morgan fingerprint density at radius 3 is 2.47 bits per heavy atom. The standard InChI is InChI=1S/C30H35FN4O8/c1-30(2,41)12-10-19(27(32)38)16-25(43-29(40)42-13-11-26(36)37)23(15-18-6-5-7-20(31)14-18)35-28(39)24-17-33-21-8-3-4-9-22(21)34-24/h3-9,14,17,19,23,25,41H,10-13,15-16H2,1-2H3,(H2,32,38)(H,35,39)(H,36,37). The first-order valence-corrected chi connectivity index (χ1v) is 13.6. The summed E-state index contributed by atoms with van der Waals surface area (Å²) < 4.78 is 24.5. The molecule has 3 rings (SSSR count). The molecule has 13 heteroatoms. The van der Waals surface area contributed by atoms with Gasteiger partial charge in [0.1, 0.15) is 24.2 Å². The molecule has 1 aromatic heterocycles. The molecule has 1 heterocycles. The number of fused-ring (bicyclic) bond motifs is 1. The summed E-state index contributed by atoms with van der Waals surface area (Å²) >= 11 is 0. The topological polar surface area (TPSA) is 191 Å². The van der Waals surface area contributed by atoms with E-state index in [-0.39, 0.29) is 31.4 Å². The largest absolute Gasteiger partial charge is 0.508 e. The van der Waals surface area contributed by atoms with E-state index >= 15 is 0 Å². The van der Waals surface area contributed by atoms with Gasteiger partial charge in [0.25, 0.3) is 5.91 Å². The van der Waals surface area contributed by atoms with Gasteiger partial charge >= 0.3 is 12.1 Å². The maximum atomic E-state index is 14.1. The minimum Gasteiger partial charge on any atom is -0.481 e. The number of aliphatic carboxylic acids is 1. The Morgan fingerprint density at radius 1 is 1.09 bits per heavy atom. The number of carbonyl (C=O) groups excluding carboxylic acids is 3. The van der Waals surface area contributed by atoms with E-state index in [2.05, 4.69) is 15.3 Å². The molecule has 43 heavy (non-hydrogen) atoms. The minimum absolute atomic E-state index is 0.0424. The molecule has 3 unspecified atom stereocenters. The molecule has 0 aliphatic rings. The number of carbonyl (C=O) groups is 4. The maximum absolute atomic E-state index is 14.1. The van der Waals surface area contributed by atoms with E-state index in [1.807, 2.05) is 0 Å². The monoisotopic (exact) mass is 598 g/mol. The fraction of sp³-hybridized carbons (Fsp3) is 0.400. The lowest BCUT2D eigenvalue weighted by Crippen LogP contribution is -2.48. The minimum atomic E-state index is -1.25. The van der Waals surface area contributed by atoms with Gasteiger partial charge < -0.3 is 30.7 Å². The fourth-order valence-electron chi connectivity index (χ4n) is 4.36. The Bertz CT molecular complexity index is 1440. The van der Waals surface area contributed by atoms with Gasteiger partial charge in [-0.1, -0.05) is 24.3 Å². The van der Waals surface area contributed by atoms with Gasteiger partial charge in [0.15, 0.2) is 0 Å². The summed E-state index contributed by atoms with van der Waals surface area (Å²) in [6, 6.07) is 11.4. The Morgan fingerprint density at radius 2 is 1.81 bits per heavy atom. The summed E-state index contributed by atoms with van der Waals surface area (Å²) in [5.41, 5.74) is 5.97. The molecular weight excluding hydrogens is 563 g/mol. The molecule has 12 nitrogen and oxygen atoms in total. The number of aromatic nitrogens is 2. The molecule has 2 amide bonds. The highest BCUT2D eigenvalue weighted by atomic mass is 19.1. The number of halogens is 1. The number of carboxylic acids is 1. The molecule has 0 aliphatic carbocycles. The average molecular weight is 599 g/mol. The third-order valence-corrected chi connectivity index (χ3v) is 6.60. The number of carboxylic acid groups (broad SMARTS) is 1. The maximum Gasteiger partial charge on any atom is 0.508 e. The van der Waals surface area contributed by atoms with Crippen molar-refractivity contribution in [1.29, 1.82) is 0 Å². The molecule has 3 aromatic rings. The van der Waals surface area contributed by atoms with Crippen LogP contribution >= 0.6 is 0 Å². The summed E-state index contributed by atoms with van der Waals surface area (Å²) in [5.74, 6) is -4.05. The second-order valence-electron chi connectivity index (χ2n) is 10.7. The molecule has 0 saturated heterocycles. The van der Waals surface area contributed by atoms with Crippen LogP contribution in [0.5, 0.6) is 0 Å². The van der Waals surface area contributed by atoms with Crippen molar-refractivity contribution in [3.8, 4) is 0 Å². The van der Waals surface area contributed by atoms with Crippen molar-refractivity contribution in [1.82, 2.24) is 15.3 Å². The van der Waals surface area contributed by atoms with Gasteiger partial charge in [0.2, 0.25) is 5.91 Å². The number of nitrogens with one attached hydrogen (secondary N) is 1. The zero-order chi connectivity index (χ0) is 31.6. The van der Waals surface area contributed by atoms with Crippen LogP contribution in [0.4, 0.5) is 9.18 Å². The first-order valence-electron chi connectivity index (χ1n) is 13.6. The van der Waals surface area contributed by atoms with Gasteiger partial charge in [-0.2, -0.15) is 0 Å². The van der Waals surface area contributed by atoms with E-state index in [9.17, 15) is 28.7 Å². The lowest BCUT2D eigenvalue weighted by molar-refractivity contribution is -0.138. The number of nitrogens with two attached hydrogens (primary N) is 1. The van der Waals surface area contributed by atoms with Gasteiger partial charge in [-0.15, -0.1) is 0 Å². The van der Waals surface area contributed by atoms with Gasteiger partial charge in [0, 0.05) is 5.92 Å². The molecule has 2 aromatic carbocycles. The first-order chi connectivity index (χ1) is 20.3. The molecule has 0 saturated carbocycles. The van der Waals surface area contributed by atoms with E-state index in [0.29, 0.717) is 16.6 Å². The molecule has 0 radical (unpaired) electrons. The summed E-state index contributed by atoms with van der Waals surface area (Å²) in [6.45, 7) is 2.65. The van der Waals surface area contributed by atoms with Crippen LogP contribution < -0.4 is 11.1 Å². The van der Waals surface area contributed by atoms with Gasteiger partial charge in [0.05, 0.1) is 35.3 Å². The van der Waals surface area contributed by atoms with Crippen LogP contribution in [-0.2, 0) is 25.5 Å². The number of para-hydroxylation sites is 2. The van der Waals surface area contributed by atoms with Crippen LogP contribution in [0.2, 0.25) is 0 Å². The van der Waals surface area contributed by atoms with Crippen LogP contribution in [0.25, 0.3) is 11.0 Å². The highest BCUT2D eigenvalue weighted by molar-refractivity contribution is 5.94. The Labute approximate surface area is 247 Å². The van der Waals surface area contributed by atoms with Gasteiger partial charge in [-0.3, -0.25) is 19.4 Å². The fourth-order valence-corrected chi connectivity index (χ4v) is 4.36. The van der Waals surface area contributed by atoms with Crippen molar-refractivity contribution in [3.63, 3.8) is 0 Å². The zero-order valence-corrected chi connectivity index (χ0v) is 23.9. The lowest BCUT2D eigenvalue weighted by atomic mass is 9.87. The van der Waals surface area contributed by atoms with Crippen LogP contribution in [0.1, 0.15) is 55.6 Å². The van der Waals surface area contributed by atoms with E-state index in [1.54, 1.807) is 44.2 Å². The summed E-state index contributed by atoms with van der Waals surface area (Å²) in [6.07, 6.45) is -1.61. The second kappa shape index (κ2) is 15.0. The van der Waals surface area contributed by atoms with Crippen molar-refractivity contribution in [2.45, 2.75) is 63.7 Å². The van der Waals surface area contributed by atoms with E-state index < -0.39 is 66.4 Å². The van der Waals surface area contributed by atoms with Crippen molar-refractivity contribution in [2.75, 3.05) is 6.61 Å². The third kappa shape index (κ3) is 10.9. The predicted octanol–water partition coefficient (Wildman–Crippen LogP) is 3.15. The molecule has 230 valence electrons. The third-order valence-electron chi connectivity index (χ3n) is 6.60. The molecule has 5 N–H and O–H groups in total. The van der Waals surface area contributed by atoms with Crippen molar-refractivity contribution in [2.24, 2.45) is 11.7 Å². The highest BCUT2D eigenvalue weighted by Gasteiger charge is 2.34. The van der Waals surface area contributed by atoms with Crippen LogP contribution in [0.3, 0.4) is 0 Å². The van der Waals surface area contributed by atoms with Crippen LogP contribution in [-0.4, -0.2) is 68.5 Å². The van der Waals surface area contributed by atoms with Gasteiger partial charge in [-0.25, -0.2) is 14.2 Å². The molecule has 0 spiro atoms. The average Bonchev–Trinajstić information content (AvgIpc) is 2.93. The number of primary amides is 1. The zero-order valence-electron chi connectivity index (χ0n) is 23.9.